The molecule has 0 bridgehead atoms. The quantitative estimate of drug-likeness (QED) is 0.849. The highest BCUT2D eigenvalue weighted by Gasteiger charge is 2.09. The monoisotopic (exact) mass is 285 g/mol. The number of nitrogens with two attached hydrogens (primary N) is 1. The Morgan fingerprint density at radius 2 is 1.76 bits per heavy atom. The molecular weight excluding hydrogens is 262 g/mol. The smallest absolute Gasteiger partial charge is 0.119 e. The molecular formula is C18H23NO2. The first-order valence-electron chi connectivity index (χ1n) is 7.22. The van der Waals surface area contributed by atoms with Gasteiger partial charge in [-0.2, -0.15) is 0 Å². The maximum atomic E-state index is 6.20. The summed E-state index contributed by atoms with van der Waals surface area (Å²) in [6, 6.07) is 16.1. The Morgan fingerprint density at radius 1 is 1.05 bits per heavy atom. The van der Waals surface area contributed by atoms with Crippen molar-refractivity contribution in [1.82, 2.24) is 0 Å². The highest BCUT2D eigenvalue weighted by Crippen LogP contribution is 2.18. The van der Waals surface area contributed by atoms with Crippen molar-refractivity contribution in [2.75, 3.05) is 20.3 Å². The normalized spacial score (nSPS) is 12.1. The van der Waals surface area contributed by atoms with E-state index in [1.807, 2.05) is 24.3 Å². The van der Waals surface area contributed by atoms with Crippen LogP contribution in [0.3, 0.4) is 0 Å². The van der Waals surface area contributed by atoms with E-state index in [-0.39, 0.29) is 6.04 Å². The Morgan fingerprint density at radius 3 is 2.43 bits per heavy atom. The molecule has 0 aliphatic heterocycles. The summed E-state index contributed by atoms with van der Waals surface area (Å²) in [7, 11) is 1.71. The third-order valence-electron chi connectivity index (χ3n) is 3.54. The maximum absolute atomic E-state index is 6.20. The second-order valence-corrected chi connectivity index (χ2v) is 5.16. The summed E-state index contributed by atoms with van der Waals surface area (Å²) in [5.74, 6) is 0.847. The number of benzene rings is 2. The van der Waals surface area contributed by atoms with Crippen molar-refractivity contribution in [1.29, 1.82) is 0 Å². The lowest BCUT2D eigenvalue weighted by Gasteiger charge is -2.16. The van der Waals surface area contributed by atoms with Crippen molar-refractivity contribution in [3.8, 4) is 5.75 Å². The predicted molar refractivity (Wildman–Crippen MR) is 85.6 cm³/mol. The van der Waals surface area contributed by atoms with Crippen LogP contribution in [-0.4, -0.2) is 20.3 Å². The fourth-order valence-corrected chi connectivity index (χ4v) is 2.25. The molecule has 0 saturated carbocycles. The summed E-state index contributed by atoms with van der Waals surface area (Å²) in [4.78, 5) is 0. The van der Waals surface area contributed by atoms with Gasteiger partial charge in [0, 0.05) is 7.11 Å². The zero-order valence-electron chi connectivity index (χ0n) is 12.7. The van der Waals surface area contributed by atoms with Gasteiger partial charge >= 0.3 is 0 Å². The molecule has 2 rings (SSSR count). The summed E-state index contributed by atoms with van der Waals surface area (Å²) in [6.45, 7) is 3.28. The van der Waals surface area contributed by atoms with Crippen LogP contribution in [0.2, 0.25) is 0 Å². The van der Waals surface area contributed by atoms with Crippen LogP contribution in [0.25, 0.3) is 0 Å². The van der Waals surface area contributed by atoms with Gasteiger partial charge < -0.3 is 15.2 Å². The van der Waals surface area contributed by atoms with Crippen LogP contribution in [0.15, 0.2) is 48.5 Å². The van der Waals surface area contributed by atoms with Crippen molar-refractivity contribution in [2.24, 2.45) is 5.73 Å². The van der Waals surface area contributed by atoms with E-state index in [4.69, 9.17) is 15.2 Å². The fourth-order valence-electron chi connectivity index (χ4n) is 2.25. The van der Waals surface area contributed by atoms with Gasteiger partial charge in [-0.1, -0.05) is 36.4 Å². The third-order valence-corrected chi connectivity index (χ3v) is 3.54. The number of hydrogen-bond donors (Lipinski definition) is 1. The molecule has 0 aromatic heterocycles. The molecule has 0 saturated heterocycles. The van der Waals surface area contributed by atoms with Crippen molar-refractivity contribution < 1.29 is 9.47 Å². The minimum absolute atomic E-state index is 0.112. The van der Waals surface area contributed by atoms with E-state index in [0.29, 0.717) is 6.61 Å². The second-order valence-electron chi connectivity index (χ2n) is 5.16. The van der Waals surface area contributed by atoms with E-state index in [0.717, 1.165) is 24.3 Å². The zero-order valence-corrected chi connectivity index (χ0v) is 12.7. The average molecular weight is 285 g/mol. The summed E-state index contributed by atoms with van der Waals surface area (Å²) in [5, 5.41) is 0. The summed E-state index contributed by atoms with van der Waals surface area (Å²) in [6.07, 6.45) is 0.916. The van der Waals surface area contributed by atoms with Crippen LogP contribution in [0, 0.1) is 6.92 Å². The zero-order chi connectivity index (χ0) is 15.1. The van der Waals surface area contributed by atoms with Crippen LogP contribution in [0.4, 0.5) is 0 Å². The van der Waals surface area contributed by atoms with Gasteiger partial charge in [0.25, 0.3) is 0 Å². The van der Waals surface area contributed by atoms with Gasteiger partial charge in [-0.3, -0.25) is 0 Å². The average Bonchev–Trinajstić information content (AvgIpc) is 2.52. The first kappa shape index (κ1) is 15.5. The molecule has 21 heavy (non-hydrogen) atoms. The number of aryl methyl sites for hydroxylation is 1. The molecule has 0 radical (unpaired) electrons. The highest BCUT2D eigenvalue weighted by atomic mass is 16.5. The van der Waals surface area contributed by atoms with Gasteiger partial charge in [0.1, 0.15) is 12.4 Å². The number of rotatable bonds is 7. The molecule has 3 nitrogen and oxygen atoms in total. The van der Waals surface area contributed by atoms with Crippen LogP contribution < -0.4 is 10.5 Å². The van der Waals surface area contributed by atoms with Crippen LogP contribution in [0.1, 0.15) is 22.7 Å². The molecule has 0 aliphatic carbocycles. The lowest BCUT2D eigenvalue weighted by atomic mass is 10.0. The molecule has 3 heteroatoms. The molecule has 0 heterocycles. The highest BCUT2D eigenvalue weighted by molar-refractivity contribution is 5.30. The minimum Gasteiger partial charge on any atom is -0.492 e. The molecule has 112 valence electrons. The van der Waals surface area contributed by atoms with E-state index >= 15 is 0 Å². The summed E-state index contributed by atoms with van der Waals surface area (Å²) < 4.78 is 10.8. The first-order chi connectivity index (χ1) is 10.2. The molecule has 1 unspecified atom stereocenters. The Hall–Kier alpha value is -1.84. The molecule has 0 aliphatic rings. The molecule has 2 aromatic rings. The largest absolute Gasteiger partial charge is 0.492 e. The molecule has 0 spiro atoms. The topological polar surface area (TPSA) is 44.5 Å². The SMILES string of the molecule is COCCc1ccc(OCC(N)c2ccccc2C)cc1. The first-order valence-corrected chi connectivity index (χ1v) is 7.22. The van der Waals surface area contributed by atoms with Gasteiger partial charge in [0.15, 0.2) is 0 Å². The van der Waals surface area contributed by atoms with E-state index in [1.54, 1.807) is 7.11 Å². The molecule has 1 atom stereocenters. The van der Waals surface area contributed by atoms with Gasteiger partial charge in [-0.15, -0.1) is 0 Å². The van der Waals surface area contributed by atoms with Gasteiger partial charge in [-0.25, -0.2) is 0 Å². The molecule has 2 N–H and O–H groups in total. The summed E-state index contributed by atoms with van der Waals surface area (Å²) >= 11 is 0. The molecule has 0 amide bonds. The van der Waals surface area contributed by atoms with Crippen molar-refractivity contribution >= 4 is 0 Å². The van der Waals surface area contributed by atoms with Gasteiger partial charge in [0.2, 0.25) is 0 Å². The van der Waals surface area contributed by atoms with E-state index in [2.05, 4.69) is 31.2 Å². The van der Waals surface area contributed by atoms with Gasteiger partial charge in [0.05, 0.1) is 12.6 Å². The van der Waals surface area contributed by atoms with Crippen LogP contribution >= 0.6 is 0 Å². The maximum Gasteiger partial charge on any atom is 0.119 e. The van der Waals surface area contributed by atoms with Crippen molar-refractivity contribution in [2.45, 2.75) is 19.4 Å². The second kappa shape index (κ2) is 7.81. The molecule has 0 fully saturated rings. The Kier molecular flexibility index (Phi) is 5.78. The third kappa shape index (κ3) is 4.59. The van der Waals surface area contributed by atoms with Crippen molar-refractivity contribution in [3.05, 3.63) is 65.2 Å². The predicted octanol–water partition coefficient (Wildman–Crippen LogP) is 3.26. The number of hydrogen-bond acceptors (Lipinski definition) is 3. The lowest BCUT2D eigenvalue weighted by Crippen LogP contribution is -2.19. The Bertz CT molecular complexity index is 551. The molecule has 2 aromatic carbocycles. The number of methoxy groups -OCH3 is 1. The Balaban J connectivity index is 1.89. The van der Waals surface area contributed by atoms with E-state index < -0.39 is 0 Å². The van der Waals surface area contributed by atoms with Gasteiger partial charge in [-0.05, 0) is 42.2 Å². The van der Waals surface area contributed by atoms with E-state index in [9.17, 15) is 0 Å². The number of ether oxygens (including phenoxy) is 2. The minimum atomic E-state index is -0.112. The lowest BCUT2D eigenvalue weighted by molar-refractivity contribution is 0.202. The van der Waals surface area contributed by atoms with Crippen LogP contribution in [0.5, 0.6) is 5.75 Å². The standard InChI is InChI=1S/C18H23NO2/c1-14-5-3-4-6-17(14)18(19)13-21-16-9-7-15(8-10-16)11-12-20-2/h3-10,18H,11-13,19H2,1-2H3. The van der Waals surface area contributed by atoms with Crippen LogP contribution in [-0.2, 0) is 11.2 Å². The Labute approximate surface area is 126 Å². The van der Waals surface area contributed by atoms with Crippen molar-refractivity contribution in [3.63, 3.8) is 0 Å². The summed E-state index contributed by atoms with van der Waals surface area (Å²) in [5.41, 5.74) is 9.77. The van der Waals surface area contributed by atoms with E-state index in [1.165, 1.54) is 11.1 Å². The fraction of sp³-hybridized carbons (Fsp3) is 0.333.